The molecule has 2 saturated carbocycles. The van der Waals surface area contributed by atoms with Gasteiger partial charge in [0.15, 0.2) is 0 Å². The summed E-state index contributed by atoms with van der Waals surface area (Å²) in [5, 5.41) is 9.29. The number of hydrogen-bond donors (Lipinski definition) is 1. The van der Waals surface area contributed by atoms with Crippen molar-refractivity contribution in [2.45, 2.75) is 25.2 Å². The molecule has 2 fully saturated rings. The maximum absolute atomic E-state index is 12.5. The Balaban J connectivity index is 1.67. The number of fused-ring (bicyclic) bond motifs is 1. The molecule has 2 atom stereocenters. The number of para-hydroxylation sites is 1. The first-order chi connectivity index (χ1) is 9.12. The van der Waals surface area contributed by atoms with Gasteiger partial charge in [0.25, 0.3) is 0 Å². The van der Waals surface area contributed by atoms with E-state index in [1.54, 1.807) is 4.90 Å². The van der Waals surface area contributed by atoms with E-state index in [4.69, 9.17) is 0 Å². The molecule has 3 aliphatic rings. The molecule has 4 rings (SSSR count). The van der Waals surface area contributed by atoms with Gasteiger partial charge in [-0.1, -0.05) is 18.2 Å². The zero-order chi connectivity index (χ0) is 13.2. The van der Waals surface area contributed by atoms with Gasteiger partial charge in [-0.25, -0.2) is 0 Å². The van der Waals surface area contributed by atoms with E-state index in [-0.39, 0.29) is 11.8 Å². The summed E-state index contributed by atoms with van der Waals surface area (Å²) in [5.74, 6) is -1.14. The van der Waals surface area contributed by atoms with Crippen molar-refractivity contribution >= 4 is 17.6 Å². The molecule has 1 aromatic carbocycles. The summed E-state index contributed by atoms with van der Waals surface area (Å²) in [5.41, 5.74) is 1.88. The minimum Gasteiger partial charge on any atom is -0.481 e. The highest BCUT2D eigenvalue weighted by Gasteiger charge is 2.66. The van der Waals surface area contributed by atoms with E-state index in [1.807, 2.05) is 24.3 Å². The molecule has 1 spiro atoms. The normalized spacial score (nSPS) is 29.2. The van der Waals surface area contributed by atoms with Gasteiger partial charge in [0.2, 0.25) is 5.91 Å². The Hall–Kier alpha value is -1.84. The lowest BCUT2D eigenvalue weighted by Crippen LogP contribution is -2.33. The number of carboxylic acids is 1. The molecule has 19 heavy (non-hydrogen) atoms. The first kappa shape index (κ1) is 11.0. The summed E-state index contributed by atoms with van der Waals surface area (Å²) >= 11 is 0. The smallest absolute Gasteiger partial charge is 0.312 e. The van der Waals surface area contributed by atoms with E-state index in [9.17, 15) is 14.7 Å². The van der Waals surface area contributed by atoms with Crippen LogP contribution in [0.5, 0.6) is 0 Å². The van der Waals surface area contributed by atoms with E-state index in [0.29, 0.717) is 12.0 Å². The minimum atomic E-state index is -0.848. The molecule has 1 N–H and O–H groups in total. The monoisotopic (exact) mass is 257 g/mol. The Morgan fingerprint density at radius 3 is 2.63 bits per heavy atom. The van der Waals surface area contributed by atoms with Crippen molar-refractivity contribution in [3.8, 4) is 0 Å². The first-order valence-electron chi connectivity index (χ1n) is 6.75. The fourth-order valence-corrected chi connectivity index (χ4v) is 3.43. The highest BCUT2D eigenvalue weighted by Crippen LogP contribution is 2.71. The van der Waals surface area contributed by atoms with Crippen molar-refractivity contribution in [3.63, 3.8) is 0 Å². The number of carbonyl (C=O) groups excluding carboxylic acids is 1. The zero-order valence-corrected chi connectivity index (χ0v) is 10.5. The number of aliphatic carboxylic acids is 1. The summed E-state index contributed by atoms with van der Waals surface area (Å²) in [7, 11) is 0. The van der Waals surface area contributed by atoms with Crippen LogP contribution in [-0.2, 0) is 9.59 Å². The largest absolute Gasteiger partial charge is 0.481 e. The molecule has 1 aromatic rings. The molecule has 1 amide bonds. The van der Waals surface area contributed by atoms with E-state index in [1.165, 1.54) is 12.8 Å². The van der Waals surface area contributed by atoms with Gasteiger partial charge in [-0.05, 0) is 36.3 Å². The number of rotatable bonds is 2. The Labute approximate surface area is 111 Å². The van der Waals surface area contributed by atoms with Gasteiger partial charge in [-0.3, -0.25) is 9.59 Å². The SMILES string of the molecule is O=C(O)[C@@H]1CN(C(=O)[C@@H]2CC23CC3)c2ccccc21. The number of anilines is 1. The molecule has 4 nitrogen and oxygen atoms in total. The third-order valence-electron chi connectivity index (χ3n) is 4.91. The lowest BCUT2D eigenvalue weighted by atomic mass is 10.0. The molecular formula is C15H15NO3. The number of hydrogen-bond acceptors (Lipinski definition) is 2. The molecule has 4 heteroatoms. The van der Waals surface area contributed by atoms with Crippen molar-refractivity contribution < 1.29 is 14.7 Å². The van der Waals surface area contributed by atoms with Crippen LogP contribution in [0.4, 0.5) is 5.69 Å². The number of benzene rings is 1. The Morgan fingerprint density at radius 1 is 1.26 bits per heavy atom. The van der Waals surface area contributed by atoms with Gasteiger partial charge in [-0.15, -0.1) is 0 Å². The van der Waals surface area contributed by atoms with Gasteiger partial charge in [0.05, 0.1) is 0 Å². The maximum Gasteiger partial charge on any atom is 0.312 e. The summed E-state index contributed by atoms with van der Waals surface area (Å²) in [4.78, 5) is 25.5. The second-order valence-corrected chi connectivity index (χ2v) is 6.02. The predicted octanol–water partition coefficient (Wildman–Crippen LogP) is 2.00. The van der Waals surface area contributed by atoms with Crippen LogP contribution in [0.3, 0.4) is 0 Å². The summed E-state index contributed by atoms with van der Waals surface area (Å²) in [6, 6.07) is 7.38. The van der Waals surface area contributed by atoms with Crippen LogP contribution in [0.15, 0.2) is 24.3 Å². The minimum absolute atomic E-state index is 0.133. The lowest BCUT2D eigenvalue weighted by Gasteiger charge is -2.17. The van der Waals surface area contributed by atoms with Crippen LogP contribution >= 0.6 is 0 Å². The molecule has 0 radical (unpaired) electrons. The Kier molecular flexibility index (Phi) is 1.96. The molecule has 0 saturated heterocycles. The molecule has 98 valence electrons. The number of carboxylic acid groups (broad SMARTS) is 1. The van der Waals surface area contributed by atoms with E-state index in [0.717, 1.165) is 17.7 Å². The fraction of sp³-hybridized carbons (Fsp3) is 0.467. The van der Waals surface area contributed by atoms with Crippen LogP contribution < -0.4 is 4.90 Å². The summed E-state index contributed by atoms with van der Waals surface area (Å²) < 4.78 is 0. The van der Waals surface area contributed by atoms with Gasteiger partial charge in [0.1, 0.15) is 5.92 Å². The first-order valence-corrected chi connectivity index (χ1v) is 6.75. The van der Waals surface area contributed by atoms with Crippen molar-refractivity contribution in [1.82, 2.24) is 0 Å². The quantitative estimate of drug-likeness (QED) is 0.881. The highest BCUT2D eigenvalue weighted by molar-refractivity contribution is 6.02. The second kappa shape index (κ2) is 3.38. The van der Waals surface area contributed by atoms with Crippen molar-refractivity contribution in [1.29, 1.82) is 0 Å². The second-order valence-electron chi connectivity index (χ2n) is 6.02. The summed E-state index contributed by atoms with van der Waals surface area (Å²) in [6.07, 6.45) is 3.34. The van der Waals surface area contributed by atoms with Gasteiger partial charge in [0, 0.05) is 18.2 Å². The van der Waals surface area contributed by atoms with Crippen LogP contribution in [-0.4, -0.2) is 23.5 Å². The average Bonchev–Trinajstić information content (AvgIpc) is 3.29. The Morgan fingerprint density at radius 2 is 2.00 bits per heavy atom. The topological polar surface area (TPSA) is 57.6 Å². The van der Waals surface area contributed by atoms with Crippen molar-refractivity contribution in [2.24, 2.45) is 11.3 Å². The maximum atomic E-state index is 12.5. The van der Waals surface area contributed by atoms with Gasteiger partial charge < -0.3 is 10.0 Å². The van der Waals surface area contributed by atoms with Crippen LogP contribution in [0, 0.1) is 11.3 Å². The summed E-state index contributed by atoms with van der Waals surface area (Å²) in [6.45, 7) is 0.292. The van der Waals surface area contributed by atoms with Crippen molar-refractivity contribution in [2.75, 3.05) is 11.4 Å². The van der Waals surface area contributed by atoms with Gasteiger partial charge >= 0.3 is 5.97 Å². The Bertz CT molecular complexity index is 591. The molecule has 1 heterocycles. The molecule has 1 aliphatic heterocycles. The van der Waals surface area contributed by atoms with Crippen LogP contribution in [0.1, 0.15) is 30.7 Å². The van der Waals surface area contributed by atoms with E-state index in [2.05, 4.69) is 0 Å². The molecule has 0 unspecified atom stereocenters. The highest BCUT2D eigenvalue weighted by atomic mass is 16.4. The number of carbonyl (C=O) groups is 2. The molecule has 0 bridgehead atoms. The van der Waals surface area contributed by atoms with Crippen LogP contribution in [0.25, 0.3) is 0 Å². The standard InChI is InChI=1S/C15H15NO3/c17-13(11-7-15(11)5-6-15)16-8-10(14(18)19)9-3-1-2-4-12(9)16/h1-4,10-11H,5-8H2,(H,18,19)/t10-,11+/m1/s1. The fourth-order valence-electron chi connectivity index (χ4n) is 3.43. The van der Waals surface area contributed by atoms with Crippen LogP contribution in [0.2, 0.25) is 0 Å². The third kappa shape index (κ3) is 1.46. The predicted molar refractivity (Wildman–Crippen MR) is 68.9 cm³/mol. The third-order valence-corrected chi connectivity index (χ3v) is 4.91. The van der Waals surface area contributed by atoms with E-state index >= 15 is 0 Å². The number of amides is 1. The van der Waals surface area contributed by atoms with Crippen molar-refractivity contribution in [3.05, 3.63) is 29.8 Å². The molecule has 0 aromatic heterocycles. The average molecular weight is 257 g/mol. The van der Waals surface area contributed by atoms with Gasteiger partial charge in [-0.2, -0.15) is 0 Å². The van der Waals surface area contributed by atoms with E-state index < -0.39 is 11.9 Å². The zero-order valence-electron chi connectivity index (χ0n) is 10.5. The number of nitrogens with zero attached hydrogens (tertiary/aromatic N) is 1. The lowest BCUT2D eigenvalue weighted by molar-refractivity contribution is -0.138. The molecule has 2 aliphatic carbocycles. The molecular weight excluding hydrogens is 242 g/mol.